The van der Waals surface area contributed by atoms with Crippen molar-refractivity contribution in [2.45, 2.75) is 13.8 Å². The van der Waals surface area contributed by atoms with Gasteiger partial charge < -0.3 is 5.32 Å². The average molecular weight is 369 g/mol. The lowest BCUT2D eigenvalue weighted by Crippen LogP contribution is -2.12. The number of hydrogen-bond donors (Lipinski definition) is 1. The molecule has 3 aromatic carbocycles. The van der Waals surface area contributed by atoms with Crippen LogP contribution in [-0.4, -0.2) is 21.2 Å². The van der Waals surface area contributed by atoms with E-state index in [-0.39, 0.29) is 11.7 Å². The van der Waals surface area contributed by atoms with Crippen molar-refractivity contribution in [2.24, 2.45) is 0 Å². The van der Waals surface area contributed by atoms with E-state index in [4.69, 9.17) is 0 Å². The number of hydrogen-bond acceptors (Lipinski definition) is 3. The van der Waals surface area contributed by atoms with Crippen LogP contribution in [0.25, 0.3) is 16.7 Å². The molecule has 0 aliphatic heterocycles. The molecule has 0 atom stereocenters. The van der Waals surface area contributed by atoms with Gasteiger partial charge in [-0.15, -0.1) is 0 Å². The minimum absolute atomic E-state index is 0.0422. The van der Waals surface area contributed by atoms with Crippen molar-refractivity contribution in [3.8, 4) is 5.69 Å². The molecule has 0 aliphatic rings. The molecule has 0 spiro atoms. The summed E-state index contributed by atoms with van der Waals surface area (Å²) in [5.41, 5.74) is 4.39. The van der Waals surface area contributed by atoms with Crippen LogP contribution in [0.15, 0.2) is 72.8 Å². The van der Waals surface area contributed by atoms with Gasteiger partial charge in [0.25, 0.3) is 5.91 Å². The SMILES string of the molecule is CC(=O)c1cccc(NC(=O)c2ccc3c(c2)nc(C)n3-c2ccccc2)c1. The maximum atomic E-state index is 12.7. The standard InChI is InChI=1S/C23H19N3O2/c1-15(27)17-7-6-8-19(13-17)25-23(28)18-11-12-22-21(14-18)24-16(2)26(22)20-9-4-3-5-10-20/h3-14H,1-2H3,(H,25,28). The molecule has 0 bridgehead atoms. The Labute approximate surface area is 162 Å². The van der Waals surface area contributed by atoms with Crippen LogP contribution in [0, 0.1) is 6.92 Å². The van der Waals surface area contributed by atoms with E-state index in [1.54, 1.807) is 36.4 Å². The fourth-order valence-electron chi connectivity index (χ4n) is 3.26. The molecule has 4 rings (SSSR count). The van der Waals surface area contributed by atoms with E-state index < -0.39 is 0 Å². The second-order valence-electron chi connectivity index (χ2n) is 6.62. The molecule has 1 N–H and O–H groups in total. The van der Waals surface area contributed by atoms with Crippen molar-refractivity contribution >= 4 is 28.4 Å². The number of carbonyl (C=O) groups excluding carboxylic acids is 2. The zero-order valence-corrected chi connectivity index (χ0v) is 15.6. The summed E-state index contributed by atoms with van der Waals surface area (Å²) in [5.74, 6) is 0.571. The molecule has 4 aromatic rings. The third-order valence-corrected chi connectivity index (χ3v) is 4.63. The number of rotatable bonds is 4. The lowest BCUT2D eigenvalue weighted by molar-refractivity contribution is 0.101. The lowest BCUT2D eigenvalue weighted by atomic mass is 10.1. The normalized spacial score (nSPS) is 10.8. The van der Waals surface area contributed by atoms with Gasteiger partial charge in [0.2, 0.25) is 0 Å². The summed E-state index contributed by atoms with van der Waals surface area (Å²) in [5, 5.41) is 2.85. The maximum Gasteiger partial charge on any atom is 0.255 e. The Morgan fingerprint density at radius 1 is 0.893 bits per heavy atom. The zero-order chi connectivity index (χ0) is 19.7. The van der Waals surface area contributed by atoms with Gasteiger partial charge in [0.1, 0.15) is 5.82 Å². The third-order valence-electron chi connectivity index (χ3n) is 4.63. The number of carbonyl (C=O) groups is 2. The molecule has 1 aromatic heterocycles. The maximum absolute atomic E-state index is 12.7. The van der Waals surface area contributed by atoms with Crippen molar-refractivity contribution in [1.29, 1.82) is 0 Å². The highest BCUT2D eigenvalue weighted by Crippen LogP contribution is 2.23. The van der Waals surface area contributed by atoms with Gasteiger partial charge in [-0.05, 0) is 56.3 Å². The van der Waals surface area contributed by atoms with Gasteiger partial charge in [0.15, 0.2) is 5.78 Å². The fraction of sp³-hybridized carbons (Fsp3) is 0.0870. The number of aryl methyl sites for hydroxylation is 1. The van der Waals surface area contributed by atoms with Crippen LogP contribution in [0.3, 0.4) is 0 Å². The molecule has 0 unspecified atom stereocenters. The molecule has 0 saturated heterocycles. The summed E-state index contributed by atoms with van der Waals surface area (Å²) in [6.45, 7) is 3.44. The Morgan fingerprint density at radius 3 is 2.43 bits per heavy atom. The molecule has 5 heteroatoms. The third kappa shape index (κ3) is 3.30. The van der Waals surface area contributed by atoms with Gasteiger partial charge in [-0.25, -0.2) is 4.98 Å². The first-order valence-corrected chi connectivity index (χ1v) is 9.00. The smallest absolute Gasteiger partial charge is 0.255 e. The zero-order valence-electron chi connectivity index (χ0n) is 15.6. The monoisotopic (exact) mass is 369 g/mol. The van der Waals surface area contributed by atoms with E-state index in [0.717, 1.165) is 22.5 Å². The number of Topliss-reactive ketones (excluding diaryl/α,β-unsaturated/α-hetero) is 1. The summed E-state index contributed by atoms with van der Waals surface area (Å²) in [4.78, 5) is 28.8. The number of amides is 1. The number of anilines is 1. The molecule has 5 nitrogen and oxygen atoms in total. The van der Waals surface area contributed by atoms with Crippen molar-refractivity contribution in [1.82, 2.24) is 9.55 Å². The molecular weight excluding hydrogens is 350 g/mol. The molecule has 0 radical (unpaired) electrons. The van der Waals surface area contributed by atoms with Crippen LogP contribution >= 0.6 is 0 Å². The van der Waals surface area contributed by atoms with Crippen molar-refractivity contribution in [3.05, 3.63) is 89.7 Å². The Bertz CT molecular complexity index is 1190. The van der Waals surface area contributed by atoms with Gasteiger partial charge in [-0.1, -0.05) is 30.3 Å². The van der Waals surface area contributed by atoms with Gasteiger partial charge in [-0.2, -0.15) is 0 Å². The Balaban J connectivity index is 1.66. The summed E-state index contributed by atoms with van der Waals surface area (Å²) >= 11 is 0. The summed E-state index contributed by atoms with van der Waals surface area (Å²) in [6, 6.07) is 22.4. The molecule has 1 heterocycles. The Morgan fingerprint density at radius 2 is 1.68 bits per heavy atom. The van der Waals surface area contributed by atoms with E-state index in [2.05, 4.69) is 14.9 Å². The predicted octanol–water partition coefficient (Wildman–Crippen LogP) is 4.79. The van der Waals surface area contributed by atoms with E-state index >= 15 is 0 Å². The average Bonchev–Trinajstić information content (AvgIpc) is 3.03. The number of imidazole rings is 1. The van der Waals surface area contributed by atoms with E-state index in [9.17, 15) is 9.59 Å². The number of aromatic nitrogens is 2. The Hall–Kier alpha value is -3.73. The van der Waals surface area contributed by atoms with Crippen LogP contribution in [-0.2, 0) is 0 Å². The number of para-hydroxylation sites is 1. The van der Waals surface area contributed by atoms with Gasteiger partial charge >= 0.3 is 0 Å². The highest BCUT2D eigenvalue weighted by atomic mass is 16.1. The van der Waals surface area contributed by atoms with E-state index in [0.29, 0.717) is 16.8 Å². The molecule has 0 aliphatic carbocycles. The van der Waals surface area contributed by atoms with Crippen LogP contribution in [0.4, 0.5) is 5.69 Å². The first kappa shape index (κ1) is 17.7. The molecular formula is C23H19N3O2. The van der Waals surface area contributed by atoms with Crippen molar-refractivity contribution in [3.63, 3.8) is 0 Å². The lowest BCUT2D eigenvalue weighted by Gasteiger charge is -2.08. The number of benzene rings is 3. The first-order valence-electron chi connectivity index (χ1n) is 9.00. The molecule has 1 amide bonds. The fourth-order valence-corrected chi connectivity index (χ4v) is 3.26. The second kappa shape index (κ2) is 7.12. The van der Waals surface area contributed by atoms with Crippen LogP contribution in [0.5, 0.6) is 0 Å². The quantitative estimate of drug-likeness (QED) is 0.526. The summed E-state index contributed by atoms with van der Waals surface area (Å²) < 4.78 is 2.06. The molecule has 138 valence electrons. The molecule has 0 saturated carbocycles. The van der Waals surface area contributed by atoms with E-state index in [1.165, 1.54) is 6.92 Å². The molecule has 28 heavy (non-hydrogen) atoms. The van der Waals surface area contributed by atoms with Gasteiger partial charge in [-0.3, -0.25) is 14.2 Å². The highest BCUT2D eigenvalue weighted by molar-refractivity contribution is 6.06. The number of nitrogens with zero attached hydrogens (tertiary/aromatic N) is 2. The topological polar surface area (TPSA) is 64.0 Å². The number of nitrogens with one attached hydrogen (secondary N) is 1. The van der Waals surface area contributed by atoms with Gasteiger partial charge in [0.05, 0.1) is 11.0 Å². The van der Waals surface area contributed by atoms with Crippen LogP contribution in [0.1, 0.15) is 33.5 Å². The van der Waals surface area contributed by atoms with Crippen LogP contribution in [0.2, 0.25) is 0 Å². The summed E-state index contributed by atoms with van der Waals surface area (Å²) in [7, 11) is 0. The molecule has 0 fully saturated rings. The highest BCUT2D eigenvalue weighted by Gasteiger charge is 2.13. The van der Waals surface area contributed by atoms with Crippen LogP contribution < -0.4 is 5.32 Å². The first-order chi connectivity index (χ1) is 13.5. The Kier molecular flexibility index (Phi) is 4.49. The number of ketones is 1. The van der Waals surface area contributed by atoms with E-state index in [1.807, 2.05) is 43.3 Å². The van der Waals surface area contributed by atoms with Crippen molar-refractivity contribution < 1.29 is 9.59 Å². The number of fused-ring (bicyclic) bond motifs is 1. The minimum Gasteiger partial charge on any atom is -0.322 e. The minimum atomic E-state index is -0.241. The van der Waals surface area contributed by atoms with Gasteiger partial charge in [0, 0.05) is 22.5 Å². The largest absolute Gasteiger partial charge is 0.322 e. The summed E-state index contributed by atoms with van der Waals surface area (Å²) in [6.07, 6.45) is 0. The second-order valence-corrected chi connectivity index (χ2v) is 6.62. The predicted molar refractivity (Wildman–Crippen MR) is 110 cm³/mol. The van der Waals surface area contributed by atoms with Crippen molar-refractivity contribution in [2.75, 3.05) is 5.32 Å².